The van der Waals surface area contributed by atoms with Crippen LogP contribution >= 0.6 is 11.8 Å². The summed E-state index contributed by atoms with van der Waals surface area (Å²) in [5.41, 5.74) is 2.12. The van der Waals surface area contributed by atoms with Gasteiger partial charge in [0.1, 0.15) is 0 Å². The zero-order chi connectivity index (χ0) is 22.5. The van der Waals surface area contributed by atoms with Gasteiger partial charge in [-0.2, -0.15) is 0 Å². The molecule has 31 heavy (non-hydrogen) atoms. The largest absolute Gasteiger partial charge is 0.493 e. The van der Waals surface area contributed by atoms with Crippen molar-refractivity contribution in [2.24, 2.45) is 0 Å². The Bertz CT molecular complexity index is 1020. The van der Waals surface area contributed by atoms with Gasteiger partial charge in [0, 0.05) is 23.5 Å². The number of ether oxygens (including phenoxy) is 2. The molecule has 0 spiro atoms. The monoisotopic (exact) mass is 440 g/mol. The summed E-state index contributed by atoms with van der Waals surface area (Å²) in [4.78, 5) is 28.6. The number of nitrogens with one attached hydrogen (secondary N) is 1. The van der Waals surface area contributed by atoms with Crippen molar-refractivity contribution in [3.05, 3.63) is 52.4 Å². The van der Waals surface area contributed by atoms with Crippen molar-refractivity contribution in [2.75, 3.05) is 25.7 Å². The maximum atomic E-state index is 13.0. The molecule has 1 aliphatic rings. The molecule has 164 valence electrons. The molecular formula is C24H28N2O4S. The number of carbonyl (C=O) groups excluding carboxylic acids is 2. The van der Waals surface area contributed by atoms with Crippen LogP contribution in [0.4, 0.5) is 5.69 Å². The van der Waals surface area contributed by atoms with E-state index in [0.717, 1.165) is 22.6 Å². The Labute approximate surface area is 187 Å². The van der Waals surface area contributed by atoms with Gasteiger partial charge in [-0.15, -0.1) is 0 Å². The van der Waals surface area contributed by atoms with Crippen LogP contribution in [0, 0.1) is 0 Å². The van der Waals surface area contributed by atoms with Gasteiger partial charge < -0.3 is 19.7 Å². The van der Waals surface area contributed by atoms with Gasteiger partial charge in [-0.3, -0.25) is 9.59 Å². The molecule has 2 aromatic carbocycles. The third-order valence-corrected chi connectivity index (χ3v) is 6.17. The average molecular weight is 441 g/mol. The number of carbonyl (C=O) groups is 2. The number of hydrogen-bond acceptors (Lipinski definition) is 5. The lowest BCUT2D eigenvalue weighted by atomic mass is 10.1. The minimum atomic E-state index is -0.133. The lowest BCUT2D eigenvalue weighted by molar-refractivity contribution is -0.114. The van der Waals surface area contributed by atoms with Gasteiger partial charge in [0.25, 0.3) is 11.8 Å². The maximum absolute atomic E-state index is 13.0. The molecule has 0 fully saturated rings. The summed E-state index contributed by atoms with van der Waals surface area (Å²) in [6.45, 7) is 6.45. The molecule has 6 nitrogen and oxygen atoms in total. The number of anilines is 1. The lowest BCUT2D eigenvalue weighted by Gasteiger charge is -2.27. The summed E-state index contributed by atoms with van der Waals surface area (Å²) < 4.78 is 11.0. The van der Waals surface area contributed by atoms with E-state index in [9.17, 15) is 9.59 Å². The molecular weight excluding hydrogens is 412 g/mol. The van der Waals surface area contributed by atoms with Crippen LogP contribution in [-0.2, 0) is 4.79 Å². The summed E-state index contributed by atoms with van der Waals surface area (Å²) in [5.74, 6) is 1.03. The Balaban J connectivity index is 1.88. The highest BCUT2D eigenvalue weighted by Gasteiger charge is 2.27. The van der Waals surface area contributed by atoms with E-state index in [1.165, 1.54) is 11.8 Å². The third-order valence-electron chi connectivity index (χ3n) is 5.09. The molecule has 1 heterocycles. The van der Waals surface area contributed by atoms with E-state index in [1.54, 1.807) is 31.2 Å². The minimum absolute atomic E-state index is 0.0953. The SMILES string of the molecule is CCOc1ccc(/C=C2/Sc3ccc(C(=O)N[C@H](C)CC)cc3N(C)C2=O)cc1OC. The first-order valence-corrected chi connectivity index (χ1v) is 11.1. The van der Waals surface area contributed by atoms with E-state index in [4.69, 9.17) is 9.47 Å². The quantitative estimate of drug-likeness (QED) is 0.631. The Hall–Kier alpha value is -2.93. The first-order valence-electron chi connectivity index (χ1n) is 10.3. The second-order valence-electron chi connectivity index (χ2n) is 7.28. The van der Waals surface area contributed by atoms with Crippen molar-refractivity contribution < 1.29 is 19.1 Å². The molecule has 2 aromatic rings. The van der Waals surface area contributed by atoms with E-state index < -0.39 is 0 Å². The van der Waals surface area contributed by atoms with E-state index in [2.05, 4.69) is 5.32 Å². The lowest BCUT2D eigenvalue weighted by Crippen LogP contribution is -2.33. The Morgan fingerprint density at radius 1 is 1.19 bits per heavy atom. The first kappa shape index (κ1) is 22.7. The molecule has 2 amide bonds. The zero-order valence-corrected chi connectivity index (χ0v) is 19.3. The van der Waals surface area contributed by atoms with Crippen LogP contribution in [0.2, 0.25) is 0 Å². The number of benzene rings is 2. The molecule has 0 radical (unpaired) electrons. The summed E-state index contributed by atoms with van der Waals surface area (Å²) >= 11 is 1.40. The van der Waals surface area contributed by atoms with Crippen molar-refractivity contribution in [3.63, 3.8) is 0 Å². The van der Waals surface area contributed by atoms with Crippen LogP contribution in [0.25, 0.3) is 6.08 Å². The third kappa shape index (κ3) is 5.05. The van der Waals surface area contributed by atoms with Gasteiger partial charge in [0.05, 0.1) is 24.3 Å². The molecule has 0 saturated carbocycles. The van der Waals surface area contributed by atoms with Gasteiger partial charge in [-0.05, 0) is 62.2 Å². The molecule has 7 heteroatoms. The van der Waals surface area contributed by atoms with E-state index in [0.29, 0.717) is 28.6 Å². The van der Waals surface area contributed by atoms with Crippen molar-refractivity contribution in [1.29, 1.82) is 0 Å². The normalized spacial score (nSPS) is 15.5. The predicted molar refractivity (Wildman–Crippen MR) is 125 cm³/mol. The van der Waals surface area contributed by atoms with E-state index in [-0.39, 0.29) is 17.9 Å². The standard InChI is InChI=1S/C24H28N2O4S/c1-6-15(3)25-23(27)17-9-11-21-18(14-17)26(4)24(28)22(31-21)13-16-8-10-19(30-7-2)20(12-16)29-5/h8-15H,6-7H2,1-5H3,(H,25,27)/b22-13+/t15-/m1/s1. The fourth-order valence-corrected chi connectivity index (χ4v) is 4.24. The summed E-state index contributed by atoms with van der Waals surface area (Å²) in [7, 11) is 3.32. The van der Waals surface area contributed by atoms with Crippen molar-refractivity contribution in [1.82, 2.24) is 5.32 Å². The summed E-state index contributed by atoms with van der Waals surface area (Å²) in [6.07, 6.45) is 2.70. The zero-order valence-electron chi connectivity index (χ0n) is 18.5. The molecule has 0 unspecified atom stereocenters. The number of likely N-dealkylation sites (N-methyl/N-ethyl adjacent to an activating group) is 1. The molecule has 3 rings (SSSR count). The molecule has 1 aliphatic heterocycles. The van der Waals surface area contributed by atoms with E-state index in [1.807, 2.05) is 51.1 Å². The van der Waals surface area contributed by atoms with Gasteiger partial charge in [-0.1, -0.05) is 24.8 Å². The highest BCUT2D eigenvalue weighted by Crippen LogP contribution is 2.42. The highest BCUT2D eigenvalue weighted by molar-refractivity contribution is 8.04. The van der Waals surface area contributed by atoms with E-state index >= 15 is 0 Å². The Kier molecular flexibility index (Phi) is 7.28. The number of rotatable bonds is 7. The number of methoxy groups -OCH3 is 1. The first-order chi connectivity index (χ1) is 14.9. The number of amides is 2. The van der Waals surface area contributed by atoms with Gasteiger partial charge in [0.2, 0.25) is 0 Å². The molecule has 0 aliphatic carbocycles. The number of fused-ring (bicyclic) bond motifs is 1. The van der Waals surface area contributed by atoms with Gasteiger partial charge in [-0.25, -0.2) is 0 Å². The number of hydrogen-bond donors (Lipinski definition) is 1. The van der Waals surface area contributed by atoms with Crippen molar-refractivity contribution in [2.45, 2.75) is 38.1 Å². The summed E-state index contributed by atoms with van der Waals surface area (Å²) in [6, 6.07) is 11.1. The second-order valence-corrected chi connectivity index (χ2v) is 8.37. The summed E-state index contributed by atoms with van der Waals surface area (Å²) in [5, 5.41) is 2.96. The smallest absolute Gasteiger partial charge is 0.264 e. The van der Waals surface area contributed by atoms with Crippen LogP contribution in [0.3, 0.4) is 0 Å². The van der Waals surface area contributed by atoms with Crippen LogP contribution in [0.1, 0.15) is 43.1 Å². The number of thioether (sulfide) groups is 1. The maximum Gasteiger partial charge on any atom is 0.264 e. The molecule has 1 N–H and O–H groups in total. The van der Waals surface area contributed by atoms with Crippen molar-refractivity contribution >= 4 is 35.3 Å². The van der Waals surface area contributed by atoms with Gasteiger partial charge in [0.15, 0.2) is 11.5 Å². The molecule has 0 saturated heterocycles. The van der Waals surface area contributed by atoms with Crippen LogP contribution < -0.4 is 19.7 Å². The second kappa shape index (κ2) is 9.92. The molecule has 1 atom stereocenters. The van der Waals surface area contributed by atoms with Crippen LogP contribution in [0.15, 0.2) is 46.2 Å². The highest BCUT2D eigenvalue weighted by atomic mass is 32.2. The molecule has 0 aromatic heterocycles. The fraction of sp³-hybridized carbons (Fsp3) is 0.333. The molecule has 0 bridgehead atoms. The predicted octanol–water partition coefficient (Wildman–Crippen LogP) is 4.73. The van der Waals surface area contributed by atoms with Crippen molar-refractivity contribution in [3.8, 4) is 11.5 Å². The van der Waals surface area contributed by atoms with Crippen LogP contribution in [-0.4, -0.2) is 38.6 Å². The minimum Gasteiger partial charge on any atom is -0.493 e. The Morgan fingerprint density at radius 3 is 2.65 bits per heavy atom. The Morgan fingerprint density at radius 2 is 1.97 bits per heavy atom. The van der Waals surface area contributed by atoms with Crippen LogP contribution in [0.5, 0.6) is 11.5 Å². The average Bonchev–Trinajstić information content (AvgIpc) is 2.78. The van der Waals surface area contributed by atoms with Gasteiger partial charge >= 0.3 is 0 Å². The number of nitrogens with zero attached hydrogens (tertiary/aromatic N) is 1. The fourth-order valence-electron chi connectivity index (χ4n) is 3.14. The topological polar surface area (TPSA) is 67.9 Å².